The highest BCUT2D eigenvalue weighted by Gasteiger charge is 2.61. The number of halogens is 1. The van der Waals surface area contributed by atoms with Crippen LogP contribution in [0.4, 0.5) is 10.7 Å². The van der Waals surface area contributed by atoms with E-state index in [2.05, 4.69) is 6.07 Å². The van der Waals surface area contributed by atoms with Crippen LogP contribution in [0.25, 0.3) is 0 Å². The fraction of sp³-hybridized carbons (Fsp3) is 0.321. The van der Waals surface area contributed by atoms with E-state index in [4.69, 9.17) is 25.9 Å². The van der Waals surface area contributed by atoms with Crippen LogP contribution in [0, 0.1) is 17.2 Å². The van der Waals surface area contributed by atoms with Gasteiger partial charge in [-0.1, -0.05) is 11.6 Å². The van der Waals surface area contributed by atoms with E-state index in [-0.39, 0.29) is 0 Å². The maximum Gasteiger partial charge on any atom is 0.267 e. The minimum Gasteiger partial charge on any atom is -0.497 e. The van der Waals surface area contributed by atoms with Gasteiger partial charge in [-0.2, -0.15) is 5.26 Å². The van der Waals surface area contributed by atoms with E-state index in [1.54, 1.807) is 55.7 Å². The first-order valence-corrected chi connectivity index (χ1v) is 13.5. The molecule has 0 unspecified atom stereocenters. The number of aryl methyl sites for hydroxylation is 1. The largest absolute Gasteiger partial charge is 0.497 e. The van der Waals surface area contributed by atoms with Gasteiger partial charge in [0, 0.05) is 21.5 Å². The smallest absolute Gasteiger partial charge is 0.267 e. The van der Waals surface area contributed by atoms with Crippen molar-refractivity contribution in [1.29, 1.82) is 5.26 Å². The number of carbonyl (C=O) groups excluding carboxylic acids is 2. The molecule has 6 rings (SSSR count). The molecule has 0 bridgehead atoms. The van der Waals surface area contributed by atoms with Gasteiger partial charge >= 0.3 is 0 Å². The Balaban J connectivity index is 1.47. The number of nitrogens with zero attached hydrogens (tertiary/aromatic N) is 3. The third kappa shape index (κ3) is 3.75. The minimum absolute atomic E-state index is 0.394. The lowest BCUT2D eigenvalue weighted by Crippen LogP contribution is -2.37. The fourth-order valence-corrected chi connectivity index (χ4v) is 7.10. The lowest BCUT2D eigenvalue weighted by molar-refractivity contribution is -0.126. The van der Waals surface area contributed by atoms with Gasteiger partial charge in [0.2, 0.25) is 5.91 Å². The topological polar surface area (TPSA) is 92.1 Å². The Morgan fingerprint density at radius 1 is 1.05 bits per heavy atom. The first-order chi connectivity index (χ1) is 18.5. The van der Waals surface area contributed by atoms with Crippen molar-refractivity contribution in [3.63, 3.8) is 0 Å². The number of rotatable bonds is 5. The number of imide groups is 1. The highest BCUT2D eigenvalue weighted by molar-refractivity contribution is 7.17. The molecule has 2 fully saturated rings. The van der Waals surface area contributed by atoms with Crippen LogP contribution in [0.2, 0.25) is 5.02 Å². The van der Waals surface area contributed by atoms with Gasteiger partial charge in [-0.25, -0.2) is 9.96 Å². The quantitative estimate of drug-likeness (QED) is 0.403. The van der Waals surface area contributed by atoms with Gasteiger partial charge in [-0.3, -0.25) is 14.4 Å². The molecule has 2 aliphatic heterocycles. The Morgan fingerprint density at radius 2 is 1.82 bits per heavy atom. The molecule has 0 N–H and O–H groups in total. The van der Waals surface area contributed by atoms with Crippen molar-refractivity contribution >= 4 is 45.4 Å². The molecular weight excluding hydrogens is 526 g/mol. The Labute approximate surface area is 228 Å². The van der Waals surface area contributed by atoms with E-state index in [1.807, 2.05) is 6.07 Å². The second-order valence-corrected chi connectivity index (χ2v) is 10.9. The molecule has 2 amide bonds. The summed E-state index contributed by atoms with van der Waals surface area (Å²) in [6.45, 7) is 0. The Hall–Kier alpha value is -3.58. The number of hydrogen-bond acceptors (Lipinski definition) is 8. The lowest BCUT2D eigenvalue weighted by atomic mass is 9.90. The third-order valence-electron chi connectivity index (χ3n) is 7.42. The van der Waals surface area contributed by atoms with Crippen molar-refractivity contribution in [1.82, 2.24) is 0 Å². The molecule has 3 aliphatic rings. The summed E-state index contributed by atoms with van der Waals surface area (Å²) < 4.78 is 11.0. The molecule has 3 aromatic rings. The number of hydrogen-bond donors (Lipinski definition) is 0. The molecule has 3 atom stereocenters. The number of ether oxygens (including phenoxy) is 2. The van der Waals surface area contributed by atoms with Crippen LogP contribution in [0.1, 0.15) is 40.5 Å². The monoisotopic (exact) mass is 549 g/mol. The van der Waals surface area contributed by atoms with Crippen LogP contribution in [0.5, 0.6) is 11.5 Å². The van der Waals surface area contributed by atoms with Crippen molar-refractivity contribution in [2.24, 2.45) is 5.92 Å². The second kappa shape index (κ2) is 9.62. The molecule has 1 aliphatic carbocycles. The summed E-state index contributed by atoms with van der Waals surface area (Å²) in [6, 6.07) is 13.9. The zero-order chi connectivity index (χ0) is 26.6. The zero-order valence-electron chi connectivity index (χ0n) is 20.8. The summed E-state index contributed by atoms with van der Waals surface area (Å²) in [7, 11) is 3.11. The minimum atomic E-state index is -1.05. The summed E-state index contributed by atoms with van der Waals surface area (Å²) in [6.07, 6.45) is 2.60. The lowest BCUT2D eigenvalue weighted by Gasteiger charge is -2.29. The van der Waals surface area contributed by atoms with Gasteiger partial charge in [0.15, 0.2) is 6.10 Å². The van der Waals surface area contributed by atoms with Crippen LogP contribution in [0.15, 0.2) is 42.5 Å². The average Bonchev–Trinajstić information content (AvgIpc) is 3.58. The number of anilines is 2. The van der Waals surface area contributed by atoms with Gasteiger partial charge in [0.1, 0.15) is 28.5 Å². The number of fused-ring (bicyclic) bond motifs is 2. The molecule has 1 aromatic heterocycles. The predicted molar refractivity (Wildman–Crippen MR) is 143 cm³/mol. The number of nitriles is 1. The molecule has 2 saturated heterocycles. The molecule has 2 aromatic carbocycles. The van der Waals surface area contributed by atoms with Crippen molar-refractivity contribution in [2.45, 2.75) is 37.8 Å². The zero-order valence-corrected chi connectivity index (χ0v) is 22.3. The Bertz CT molecular complexity index is 1480. The van der Waals surface area contributed by atoms with Gasteiger partial charge in [-0.05, 0) is 67.6 Å². The number of amides is 2. The number of carbonyl (C=O) groups is 2. The van der Waals surface area contributed by atoms with E-state index in [0.29, 0.717) is 38.3 Å². The summed E-state index contributed by atoms with van der Waals surface area (Å²) in [5, 5.41) is 12.5. The third-order valence-corrected chi connectivity index (χ3v) is 8.95. The Kier molecular flexibility index (Phi) is 6.26. The van der Waals surface area contributed by atoms with Crippen molar-refractivity contribution in [3.8, 4) is 17.6 Å². The predicted octanol–water partition coefficient (Wildman–Crippen LogP) is 5.22. The van der Waals surface area contributed by atoms with Gasteiger partial charge < -0.3 is 9.47 Å². The second-order valence-electron chi connectivity index (χ2n) is 9.42. The highest BCUT2D eigenvalue weighted by atomic mass is 35.5. The number of benzene rings is 2. The first-order valence-electron chi connectivity index (χ1n) is 12.3. The van der Waals surface area contributed by atoms with E-state index >= 15 is 0 Å². The number of methoxy groups -OCH3 is 2. The summed E-state index contributed by atoms with van der Waals surface area (Å²) in [5.41, 5.74) is 2.71. The molecule has 0 spiro atoms. The van der Waals surface area contributed by atoms with E-state index in [0.717, 1.165) is 36.1 Å². The molecule has 0 radical (unpaired) electrons. The molecule has 10 heteroatoms. The average molecular weight is 550 g/mol. The molecule has 8 nitrogen and oxygen atoms in total. The van der Waals surface area contributed by atoms with Crippen LogP contribution in [-0.2, 0) is 27.3 Å². The van der Waals surface area contributed by atoms with Crippen LogP contribution < -0.4 is 19.4 Å². The van der Waals surface area contributed by atoms with E-state index in [1.165, 1.54) is 16.2 Å². The van der Waals surface area contributed by atoms with E-state index < -0.39 is 29.9 Å². The number of thiophene rings is 1. The normalized spacial score (nSPS) is 22.3. The van der Waals surface area contributed by atoms with Crippen molar-refractivity contribution in [2.75, 3.05) is 24.2 Å². The standard InChI is InChI=1S/C28H24ClN3O5S/c1-35-17-11-12-19(21(13-17)36-2)24-23-25(37-32(24)16-9-7-15(29)8-10-16)27(34)31(26(23)33)28-20(14-30)18-5-3-4-6-22(18)38-28/h7-13,23-25H,3-6H2,1-2H3/t23-,24-,25+/m1/s1. The molecule has 0 saturated carbocycles. The molecular formula is C28H24ClN3O5S. The van der Waals surface area contributed by atoms with Gasteiger partial charge in [-0.15, -0.1) is 11.3 Å². The van der Waals surface area contributed by atoms with Crippen LogP contribution >= 0.6 is 22.9 Å². The highest BCUT2D eigenvalue weighted by Crippen LogP contribution is 2.52. The SMILES string of the molecule is COc1ccc([C@@H]2[C@H]3C(=O)N(c4sc5c(c4C#N)CCCC5)C(=O)[C@H]3ON2c2ccc(Cl)cc2)c(OC)c1. The number of hydroxylamine groups is 1. The van der Waals surface area contributed by atoms with E-state index in [9.17, 15) is 14.9 Å². The molecule has 194 valence electrons. The summed E-state index contributed by atoms with van der Waals surface area (Å²) >= 11 is 7.50. The molecule has 3 heterocycles. The van der Waals surface area contributed by atoms with Crippen LogP contribution in [-0.4, -0.2) is 32.1 Å². The first kappa shape index (κ1) is 24.7. The molecule has 38 heavy (non-hydrogen) atoms. The Morgan fingerprint density at radius 3 is 2.53 bits per heavy atom. The maximum atomic E-state index is 14.1. The summed E-state index contributed by atoms with van der Waals surface area (Å²) in [5.74, 6) is -0.623. The van der Waals surface area contributed by atoms with Gasteiger partial charge in [0.25, 0.3) is 5.91 Å². The van der Waals surface area contributed by atoms with Crippen LogP contribution in [0.3, 0.4) is 0 Å². The van der Waals surface area contributed by atoms with Crippen molar-refractivity contribution in [3.05, 3.63) is 69.1 Å². The summed E-state index contributed by atoms with van der Waals surface area (Å²) in [4.78, 5) is 36.5. The maximum absolute atomic E-state index is 14.1. The fourth-order valence-electron chi connectivity index (χ4n) is 5.63. The van der Waals surface area contributed by atoms with Gasteiger partial charge in [0.05, 0.1) is 31.5 Å². The van der Waals surface area contributed by atoms with Crippen molar-refractivity contribution < 1.29 is 23.9 Å².